The minimum absolute atomic E-state index is 0.0353. The molecule has 0 bridgehead atoms. The quantitative estimate of drug-likeness (QED) is 0.790. The Morgan fingerprint density at radius 3 is 2.69 bits per heavy atom. The van der Waals surface area contributed by atoms with Crippen molar-refractivity contribution in [3.8, 4) is 11.8 Å². The number of benzene rings is 1. The van der Waals surface area contributed by atoms with Gasteiger partial charge in [-0.15, -0.1) is 0 Å². The zero-order valence-electron chi connectivity index (χ0n) is 7.08. The highest BCUT2D eigenvalue weighted by molar-refractivity contribution is 9.10. The van der Waals surface area contributed by atoms with E-state index in [1.165, 1.54) is 0 Å². The van der Waals surface area contributed by atoms with Crippen molar-refractivity contribution in [1.82, 2.24) is 0 Å². The van der Waals surface area contributed by atoms with Crippen molar-refractivity contribution in [3.05, 3.63) is 27.7 Å². The van der Waals surface area contributed by atoms with Gasteiger partial charge in [0.2, 0.25) is 0 Å². The van der Waals surface area contributed by atoms with Crippen LogP contribution in [0.3, 0.4) is 0 Å². The Kier molecular flexibility index (Phi) is 2.91. The van der Waals surface area contributed by atoms with Crippen LogP contribution in [0, 0.1) is 11.3 Å². The molecule has 0 saturated heterocycles. The van der Waals surface area contributed by atoms with Gasteiger partial charge in [-0.05, 0) is 19.1 Å². The van der Waals surface area contributed by atoms with E-state index in [2.05, 4.69) is 15.9 Å². The van der Waals surface area contributed by atoms with Crippen molar-refractivity contribution in [2.45, 2.75) is 13.0 Å². The van der Waals surface area contributed by atoms with Crippen molar-refractivity contribution in [2.75, 3.05) is 0 Å². The summed E-state index contributed by atoms with van der Waals surface area (Å²) in [5, 5.41) is 18.3. The second-order valence-corrected chi connectivity index (χ2v) is 3.61. The van der Waals surface area contributed by atoms with E-state index in [0.29, 0.717) is 5.56 Å². The van der Waals surface area contributed by atoms with Gasteiger partial charge in [-0.2, -0.15) is 5.26 Å². The van der Waals surface area contributed by atoms with E-state index in [-0.39, 0.29) is 17.4 Å². The topological polar surface area (TPSA) is 70.0 Å². The average molecular weight is 241 g/mol. The SMILES string of the molecule is C[C@H](N)c1c(Br)ccc(C#N)c1O. The molecule has 0 radical (unpaired) electrons. The first-order chi connectivity index (χ1) is 6.07. The fourth-order valence-corrected chi connectivity index (χ4v) is 1.79. The summed E-state index contributed by atoms with van der Waals surface area (Å²) in [6.07, 6.45) is 0. The van der Waals surface area contributed by atoms with Crippen LogP contribution in [0.5, 0.6) is 5.75 Å². The highest BCUT2D eigenvalue weighted by Gasteiger charge is 2.13. The first-order valence-corrected chi connectivity index (χ1v) is 4.54. The Morgan fingerprint density at radius 2 is 2.23 bits per heavy atom. The second kappa shape index (κ2) is 3.77. The molecule has 3 nitrogen and oxygen atoms in total. The van der Waals surface area contributed by atoms with Crippen molar-refractivity contribution in [2.24, 2.45) is 5.73 Å². The molecule has 0 heterocycles. The van der Waals surface area contributed by atoms with Gasteiger partial charge >= 0.3 is 0 Å². The van der Waals surface area contributed by atoms with E-state index in [1.54, 1.807) is 19.1 Å². The standard InChI is InChI=1S/C9H9BrN2O/c1-5(12)8-7(10)3-2-6(4-11)9(8)13/h2-3,5,13H,12H2,1H3/t5-/m0/s1. The first kappa shape index (κ1) is 10.0. The van der Waals surface area contributed by atoms with Crippen LogP contribution in [-0.2, 0) is 0 Å². The number of phenolic OH excluding ortho intramolecular Hbond substituents is 1. The molecular weight excluding hydrogens is 232 g/mol. The first-order valence-electron chi connectivity index (χ1n) is 3.75. The lowest BCUT2D eigenvalue weighted by molar-refractivity contribution is 0.461. The van der Waals surface area contributed by atoms with E-state index >= 15 is 0 Å². The lowest BCUT2D eigenvalue weighted by Crippen LogP contribution is -2.06. The molecule has 0 saturated carbocycles. The summed E-state index contributed by atoms with van der Waals surface area (Å²) in [6.45, 7) is 1.75. The Hall–Kier alpha value is -1.05. The molecule has 1 aromatic carbocycles. The Morgan fingerprint density at radius 1 is 1.62 bits per heavy atom. The van der Waals surface area contributed by atoms with Gasteiger partial charge in [0, 0.05) is 16.1 Å². The smallest absolute Gasteiger partial charge is 0.139 e. The lowest BCUT2D eigenvalue weighted by atomic mass is 10.0. The number of rotatable bonds is 1. The largest absolute Gasteiger partial charge is 0.506 e. The predicted octanol–water partition coefficient (Wildman–Crippen LogP) is 2.05. The summed E-state index contributed by atoms with van der Waals surface area (Å²) in [6, 6.07) is 4.84. The maximum absolute atomic E-state index is 9.61. The molecule has 0 fully saturated rings. The zero-order valence-corrected chi connectivity index (χ0v) is 8.67. The third kappa shape index (κ3) is 1.82. The van der Waals surface area contributed by atoms with Crippen LogP contribution in [0.2, 0.25) is 0 Å². The minimum Gasteiger partial charge on any atom is -0.506 e. The van der Waals surface area contributed by atoms with Crippen LogP contribution < -0.4 is 5.73 Å². The van der Waals surface area contributed by atoms with Crippen LogP contribution in [0.1, 0.15) is 24.1 Å². The third-order valence-corrected chi connectivity index (χ3v) is 2.43. The maximum atomic E-state index is 9.61. The Balaban J connectivity index is 3.41. The minimum atomic E-state index is -0.303. The average Bonchev–Trinajstić information content (AvgIpc) is 2.04. The van der Waals surface area contributed by atoms with Crippen molar-refractivity contribution < 1.29 is 5.11 Å². The van der Waals surface area contributed by atoms with Crippen LogP contribution in [0.15, 0.2) is 16.6 Å². The summed E-state index contributed by atoms with van der Waals surface area (Å²) in [5.74, 6) is -0.0353. The van der Waals surface area contributed by atoms with E-state index in [0.717, 1.165) is 4.47 Å². The number of hydrogen-bond acceptors (Lipinski definition) is 3. The summed E-state index contributed by atoms with van der Waals surface area (Å²) in [4.78, 5) is 0. The van der Waals surface area contributed by atoms with Crippen molar-refractivity contribution >= 4 is 15.9 Å². The molecule has 0 unspecified atom stereocenters. The molecule has 1 rings (SSSR count). The fraction of sp³-hybridized carbons (Fsp3) is 0.222. The molecular formula is C9H9BrN2O. The molecule has 3 N–H and O–H groups in total. The summed E-state index contributed by atoms with van der Waals surface area (Å²) < 4.78 is 0.721. The molecule has 0 aliphatic rings. The lowest BCUT2D eigenvalue weighted by Gasteiger charge is -2.11. The molecule has 68 valence electrons. The zero-order chi connectivity index (χ0) is 10.0. The Labute approximate surface area is 84.9 Å². The van der Waals surface area contributed by atoms with Gasteiger partial charge in [0.1, 0.15) is 11.8 Å². The predicted molar refractivity (Wildman–Crippen MR) is 53.1 cm³/mol. The van der Waals surface area contributed by atoms with Gasteiger partial charge in [0.15, 0.2) is 0 Å². The van der Waals surface area contributed by atoms with Crippen LogP contribution >= 0.6 is 15.9 Å². The number of nitrogens with zero attached hydrogens (tertiary/aromatic N) is 1. The van der Waals surface area contributed by atoms with E-state index in [4.69, 9.17) is 11.0 Å². The second-order valence-electron chi connectivity index (χ2n) is 2.76. The maximum Gasteiger partial charge on any atom is 0.139 e. The van der Waals surface area contributed by atoms with Gasteiger partial charge in [0.25, 0.3) is 0 Å². The van der Waals surface area contributed by atoms with Gasteiger partial charge in [-0.3, -0.25) is 0 Å². The van der Waals surface area contributed by atoms with E-state index < -0.39 is 0 Å². The number of nitrogens with two attached hydrogens (primary N) is 1. The van der Waals surface area contributed by atoms with Gasteiger partial charge < -0.3 is 10.8 Å². The van der Waals surface area contributed by atoms with E-state index in [1.807, 2.05) is 6.07 Å². The molecule has 0 aromatic heterocycles. The van der Waals surface area contributed by atoms with Gasteiger partial charge in [-0.1, -0.05) is 15.9 Å². The monoisotopic (exact) mass is 240 g/mol. The third-order valence-electron chi connectivity index (χ3n) is 1.74. The number of phenols is 1. The van der Waals surface area contributed by atoms with Crippen molar-refractivity contribution in [3.63, 3.8) is 0 Å². The molecule has 4 heteroatoms. The number of nitriles is 1. The molecule has 0 amide bonds. The normalized spacial score (nSPS) is 12.2. The molecule has 13 heavy (non-hydrogen) atoms. The molecule has 1 atom stereocenters. The number of halogens is 1. The summed E-state index contributed by atoms with van der Waals surface area (Å²) >= 11 is 3.26. The number of aromatic hydroxyl groups is 1. The molecule has 1 aromatic rings. The highest BCUT2D eigenvalue weighted by atomic mass is 79.9. The van der Waals surface area contributed by atoms with Crippen molar-refractivity contribution in [1.29, 1.82) is 5.26 Å². The summed E-state index contributed by atoms with van der Waals surface area (Å²) in [7, 11) is 0. The van der Waals surface area contributed by atoms with E-state index in [9.17, 15) is 5.11 Å². The highest BCUT2D eigenvalue weighted by Crippen LogP contribution is 2.33. The number of hydrogen-bond donors (Lipinski definition) is 2. The summed E-state index contributed by atoms with van der Waals surface area (Å²) in [5.41, 5.74) is 6.45. The van der Waals surface area contributed by atoms with Crippen LogP contribution in [0.25, 0.3) is 0 Å². The molecule has 0 aliphatic carbocycles. The Bertz CT molecular complexity index is 369. The van der Waals surface area contributed by atoms with Crippen LogP contribution in [-0.4, -0.2) is 5.11 Å². The molecule has 0 aliphatic heterocycles. The molecule has 0 spiro atoms. The van der Waals surface area contributed by atoms with Crippen LogP contribution in [0.4, 0.5) is 0 Å². The van der Waals surface area contributed by atoms with Gasteiger partial charge in [-0.25, -0.2) is 0 Å². The van der Waals surface area contributed by atoms with Gasteiger partial charge in [0.05, 0.1) is 5.56 Å². The fourth-order valence-electron chi connectivity index (χ4n) is 1.11.